The number of aromatic nitrogens is 6. The van der Waals surface area contributed by atoms with Crippen molar-refractivity contribution in [3.8, 4) is 0 Å². The quantitative estimate of drug-likeness (QED) is 0.0605. The van der Waals surface area contributed by atoms with Crippen molar-refractivity contribution in [2.24, 2.45) is 0 Å². The lowest BCUT2D eigenvalue weighted by atomic mass is 9.96. The van der Waals surface area contributed by atoms with Crippen LogP contribution in [0.1, 0.15) is 31.2 Å². The topological polar surface area (TPSA) is 279 Å². The van der Waals surface area contributed by atoms with Crippen molar-refractivity contribution >= 4 is 23.2 Å². The first-order valence-corrected chi connectivity index (χ1v) is 17.1. The first-order valence-electron chi connectivity index (χ1n) is 16.1. The molecule has 20 nitrogen and oxygen atoms in total. The lowest BCUT2D eigenvalue weighted by molar-refractivity contribution is -0.357. The van der Waals surface area contributed by atoms with Crippen LogP contribution in [-0.2, 0) is 54.7 Å². The maximum Gasteiger partial charge on any atom is 0.214 e. The van der Waals surface area contributed by atoms with Crippen LogP contribution in [0.2, 0.25) is 0 Å². The van der Waals surface area contributed by atoms with Gasteiger partial charge in [-0.2, -0.15) is 0 Å². The Labute approximate surface area is 295 Å². The summed E-state index contributed by atoms with van der Waals surface area (Å²) < 4.78 is 36.9. The molecule has 0 saturated carbocycles. The van der Waals surface area contributed by atoms with E-state index in [-0.39, 0.29) is 45.0 Å². The van der Waals surface area contributed by atoms with E-state index in [0.717, 1.165) is 6.42 Å². The molecule has 2 aromatic rings. The Morgan fingerprint density at radius 1 is 0.840 bits per heavy atom. The zero-order chi connectivity index (χ0) is 36.2. The smallest absolute Gasteiger partial charge is 0.214 e. The summed E-state index contributed by atoms with van der Waals surface area (Å²) in [6.45, 7) is 1.99. The molecular formula is C28H44Cl2N6O14. The Morgan fingerprint density at radius 3 is 2.24 bits per heavy atom. The fourth-order valence-electron chi connectivity index (χ4n) is 5.86. The predicted molar refractivity (Wildman–Crippen MR) is 165 cm³/mol. The number of rotatable bonds is 16. The highest BCUT2D eigenvalue weighted by Crippen LogP contribution is 2.38. The molecule has 3 aliphatic rings. The third kappa shape index (κ3) is 8.73. The molecule has 14 atom stereocenters. The van der Waals surface area contributed by atoms with Gasteiger partial charge in [-0.3, -0.25) is 0 Å². The van der Waals surface area contributed by atoms with Crippen molar-refractivity contribution < 1.29 is 69.3 Å². The standard InChI is InChI=1S/C28H44Cl2N6O14/c1-2-5-45-12-36-7-13(31-34-36)6-16-19(38)22(41)24(43)26(48-16)46-10-14-8-35(33-32-14)9-17-20(39)25(44)28(11-29,49-17)50-27-23(42)21(40)18(30)15(47-27)3-4-37/h7-8,15-27,37-44H,2-6,9-12H2,1H3/t15-,16-,17-,18+,19-,20-,21+,22+,23-,24+,25+,26+,27-,28+/m1/s1. The van der Waals surface area contributed by atoms with Crippen molar-refractivity contribution in [3.05, 3.63) is 23.8 Å². The molecule has 5 heterocycles. The fourth-order valence-corrected chi connectivity index (χ4v) is 6.48. The SMILES string of the molecule is CCCOCn1cc(C[C@H]2O[C@H](OCc3cn(C[C@H]4O[C@@](CCl)(O[C@H]5O[C@H](CCO)[C@H](Cl)[C@H](O)[C@H]5O)[C@@H](O)[C@@H]4O)nn3)[C@@H](O)[C@@H](O)[C@@H]2O)nn1. The van der Waals surface area contributed by atoms with Crippen LogP contribution in [0.15, 0.2) is 12.4 Å². The summed E-state index contributed by atoms with van der Waals surface area (Å²) in [4.78, 5) is 0. The van der Waals surface area contributed by atoms with Gasteiger partial charge in [0.15, 0.2) is 12.6 Å². The van der Waals surface area contributed by atoms with Gasteiger partial charge >= 0.3 is 0 Å². The number of hydrogen-bond acceptors (Lipinski definition) is 18. The van der Waals surface area contributed by atoms with Crippen molar-refractivity contribution in [1.29, 1.82) is 0 Å². The highest BCUT2D eigenvalue weighted by atomic mass is 35.5. The van der Waals surface area contributed by atoms with Crippen LogP contribution in [0.5, 0.6) is 0 Å². The van der Waals surface area contributed by atoms with E-state index in [1.165, 1.54) is 15.6 Å². The van der Waals surface area contributed by atoms with Crippen molar-refractivity contribution in [2.45, 2.75) is 131 Å². The lowest BCUT2D eigenvalue weighted by Crippen LogP contribution is -2.60. The third-order valence-corrected chi connectivity index (χ3v) is 9.54. The summed E-state index contributed by atoms with van der Waals surface area (Å²) >= 11 is 12.3. The first-order chi connectivity index (χ1) is 23.9. The molecule has 22 heteroatoms. The maximum atomic E-state index is 10.9. The highest BCUT2D eigenvalue weighted by Gasteiger charge is 2.58. The minimum Gasteiger partial charge on any atom is -0.396 e. The second-order valence-electron chi connectivity index (χ2n) is 12.4. The predicted octanol–water partition coefficient (Wildman–Crippen LogP) is -3.67. The van der Waals surface area contributed by atoms with Gasteiger partial charge in [-0.05, 0) is 12.8 Å². The Kier molecular flexibility index (Phi) is 13.8. The van der Waals surface area contributed by atoms with Crippen LogP contribution < -0.4 is 0 Å². The molecule has 8 N–H and O–H groups in total. The number of halogens is 2. The van der Waals surface area contributed by atoms with Gasteiger partial charge in [0.1, 0.15) is 61.3 Å². The van der Waals surface area contributed by atoms with E-state index in [0.29, 0.717) is 12.3 Å². The molecule has 284 valence electrons. The highest BCUT2D eigenvalue weighted by molar-refractivity contribution is 6.21. The van der Waals surface area contributed by atoms with E-state index in [9.17, 15) is 40.9 Å². The molecule has 50 heavy (non-hydrogen) atoms. The summed E-state index contributed by atoms with van der Waals surface area (Å²) in [5.74, 6) is -2.60. The van der Waals surface area contributed by atoms with Gasteiger partial charge in [0, 0.05) is 19.6 Å². The maximum absolute atomic E-state index is 10.9. The zero-order valence-electron chi connectivity index (χ0n) is 27.0. The second kappa shape index (κ2) is 17.4. The van der Waals surface area contributed by atoms with Crippen LogP contribution in [-0.4, -0.2) is 175 Å². The average Bonchev–Trinajstić information content (AvgIpc) is 3.81. The van der Waals surface area contributed by atoms with Gasteiger partial charge in [-0.15, -0.1) is 33.4 Å². The van der Waals surface area contributed by atoms with Crippen LogP contribution >= 0.6 is 23.2 Å². The fraction of sp³-hybridized carbons (Fsp3) is 0.857. The Balaban J connectivity index is 1.16. The average molecular weight is 760 g/mol. The number of nitrogens with zero attached hydrogens (tertiary/aromatic N) is 6. The van der Waals surface area contributed by atoms with Gasteiger partial charge in [-0.1, -0.05) is 17.4 Å². The number of alkyl halides is 2. The summed E-state index contributed by atoms with van der Waals surface area (Å²) in [6.07, 6.45) is -13.1. The lowest BCUT2D eigenvalue weighted by Gasteiger charge is -2.43. The van der Waals surface area contributed by atoms with E-state index in [1.54, 1.807) is 6.20 Å². The van der Waals surface area contributed by atoms with E-state index >= 15 is 0 Å². The molecular weight excluding hydrogens is 715 g/mol. The molecule has 0 amide bonds. The minimum absolute atomic E-state index is 0.0208. The Bertz CT molecular complexity index is 1350. The number of aliphatic hydroxyl groups excluding tert-OH is 8. The normalized spacial score (nSPS) is 39.3. The van der Waals surface area contributed by atoms with Gasteiger partial charge in [0.05, 0.1) is 54.7 Å². The molecule has 0 radical (unpaired) electrons. The Hall–Kier alpha value is -1.70. The number of ether oxygens (including phenoxy) is 6. The zero-order valence-corrected chi connectivity index (χ0v) is 28.5. The Morgan fingerprint density at radius 2 is 1.52 bits per heavy atom. The largest absolute Gasteiger partial charge is 0.396 e. The molecule has 0 spiro atoms. The second-order valence-corrected chi connectivity index (χ2v) is 13.2. The molecule has 0 unspecified atom stereocenters. The van der Waals surface area contributed by atoms with Crippen LogP contribution in [0, 0.1) is 0 Å². The van der Waals surface area contributed by atoms with E-state index in [4.69, 9.17) is 51.6 Å². The molecule has 0 aliphatic carbocycles. The van der Waals surface area contributed by atoms with E-state index in [2.05, 4.69) is 20.6 Å². The van der Waals surface area contributed by atoms with Gasteiger partial charge in [0.25, 0.3) is 0 Å². The summed E-state index contributed by atoms with van der Waals surface area (Å²) in [7, 11) is 0. The minimum atomic E-state index is -2.08. The van der Waals surface area contributed by atoms with E-state index in [1.807, 2.05) is 6.92 Å². The molecule has 3 aliphatic heterocycles. The summed E-state index contributed by atoms with van der Waals surface area (Å²) in [6, 6.07) is 0. The summed E-state index contributed by atoms with van der Waals surface area (Å²) in [5.41, 5.74) is 0.707. The first kappa shape index (κ1) is 39.5. The van der Waals surface area contributed by atoms with Crippen LogP contribution in [0.25, 0.3) is 0 Å². The van der Waals surface area contributed by atoms with Crippen molar-refractivity contribution in [2.75, 3.05) is 19.1 Å². The number of aliphatic hydroxyl groups is 8. The molecule has 0 bridgehead atoms. The van der Waals surface area contributed by atoms with Crippen LogP contribution in [0.4, 0.5) is 0 Å². The van der Waals surface area contributed by atoms with Gasteiger partial charge < -0.3 is 69.3 Å². The monoisotopic (exact) mass is 758 g/mol. The van der Waals surface area contributed by atoms with Gasteiger partial charge in [0.2, 0.25) is 5.79 Å². The summed E-state index contributed by atoms with van der Waals surface area (Å²) in [5, 5.41) is 98.5. The third-order valence-electron chi connectivity index (χ3n) is 8.63. The van der Waals surface area contributed by atoms with Crippen molar-refractivity contribution in [1.82, 2.24) is 30.0 Å². The molecule has 3 saturated heterocycles. The van der Waals surface area contributed by atoms with Crippen LogP contribution in [0.3, 0.4) is 0 Å². The number of hydrogen-bond donors (Lipinski definition) is 8. The molecule has 3 fully saturated rings. The van der Waals surface area contributed by atoms with Crippen molar-refractivity contribution in [3.63, 3.8) is 0 Å². The van der Waals surface area contributed by atoms with Gasteiger partial charge in [-0.25, -0.2) is 9.36 Å². The molecule has 0 aromatic carbocycles. The molecule has 2 aromatic heterocycles. The van der Waals surface area contributed by atoms with E-state index < -0.39 is 90.7 Å². The molecule has 5 rings (SSSR count).